The third-order valence-corrected chi connectivity index (χ3v) is 4.04. The Morgan fingerprint density at radius 1 is 1.24 bits per heavy atom. The molecule has 1 saturated heterocycles. The van der Waals surface area contributed by atoms with Gasteiger partial charge in [0.2, 0.25) is 5.91 Å². The molecule has 1 atom stereocenters. The van der Waals surface area contributed by atoms with Crippen LogP contribution in [0, 0.1) is 11.8 Å². The van der Waals surface area contributed by atoms with Gasteiger partial charge in [-0.1, -0.05) is 19.9 Å². The van der Waals surface area contributed by atoms with E-state index in [-0.39, 0.29) is 17.9 Å². The van der Waals surface area contributed by atoms with Crippen molar-refractivity contribution in [2.24, 2.45) is 11.8 Å². The lowest BCUT2D eigenvalue weighted by atomic mass is 9.93. The van der Waals surface area contributed by atoms with E-state index in [1.165, 1.54) is 0 Å². The van der Waals surface area contributed by atoms with Crippen molar-refractivity contribution in [3.63, 3.8) is 0 Å². The topological polar surface area (TPSA) is 59.6 Å². The average Bonchev–Trinajstić information content (AvgIpc) is 2.42. The number of benzene rings is 1. The number of nitrogens with one attached hydrogen (secondary N) is 2. The van der Waals surface area contributed by atoms with Crippen LogP contribution in [0.1, 0.15) is 25.5 Å². The molecular weight excluding hydrogens is 268 g/mol. The fraction of sp³-hybridized carbons (Fsp3) is 0.562. The summed E-state index contributed by atoms with van der Waals surface area (Å²) in [5.74, 6) is 2.08. The quantitative estimate of drug-likeness (QED) is 0.882. The van der Waals surface area contributed by atoms with E-state index >= 15 is 0 Å². The van der Waals surface area contributed by atoms with Crippen LogP contribution in [-0.4, -0.2) is 32.2 Å². The van der Waals surface area contributed by atoms with Crippen LogP contribution < -0.4 is 20.1 Å². The molecule has 0 saturated carbocycles. The van der Waals surface area contributed by atoms with Crippen molar-refractivity contribution in [1.82, 2.24) is 10.6 Å². The number of fused-ring (bicyclic) bond motifs is 1. The summed E-state index contributed by atoms with van der Waals surface area (Å²) in [6, 6.07) is 5.92. The maximum atomic E-state index is 12.2. The summed E-state index contributed by atoms with van der Waals surface area (Å²) in [5, 5.41) is 6.29. The lowest BCUT2D eigenvalue weighted by molar-refractivity contribution is -0.127. The van der Waals surface area contributed by atoms with Crippen LogP contribution in [0.2, 0.25) is 0 Å². The first-order valence-electron chi connectivity index (χ1n) is 7.56. The van der Waals surface area contributed by atoms with Crippen molar-refractivity contribution in [1.29, 1.82) is 0 Å². The zero-order valence-electron chi connectivity index (χ0n) is 12.5. The maximum absolute atomic E-state index is 12.2. The summed E-state index contributed by atoms with van der Waals surface area (Å²) < 4.78 is 11.2. The summed E-state index contributed by atoms with van der Waals surface area (Å²) in [4.78, 5) is 12.2. The monoisotopic (exact) mass is 290 g/mol. The second-order valence-corrected chi connectivity index (χ2v) is 5.99. The summed E-state index contributed by atoms with van der Waals surface area (Å²) in [6.07, 6.45) is 0. The van der Waals surface area contributed by atoms with Gasteiger partial charge in [0.1, 0.15) is 13.2 Å². The third-order valence-electron chi connectivity index (χ3n) is 4.04. The molecule has 114 valence electrons. The fourth-order valence-electron chi connectivity index (χ4n) is 2.63. The fourth-order valence-corrected chi connectivity index (χ4v) is 2.63. The van der Waals surface area contributed by atoms with Gasteiger partial charge in [-0.25, -0.2) is 0 Å². The molecule has 0 spiro atoms. The van der Waals surface area contributed by atoms with Crippen LogP contribution >= 0.6 is 0 Å². The Balaban J connectivity index is 1.78. The molecule has 2 aliphatic rings. The Labute approximate surface area is 125 Å². The minimum atomic E-state index is -0.00562. The van der Waals surface area contributed by atoms with Crippen LogP contribution in [0.4, 0.5) is 0 Å². The van der Waals surface area contributed by atoms with E-state index in [0.717, 1.165) is 30.2 Å². The summed E-state index contributed by atoms with van der Waals surface area (Å²) in [6.45, 7) is 6.94. The van der Waals surface area contributed by atoms with E-state index in [1.54, 1.807) is 0 Å². The summed E-state index contributed by atoms with van der Waals surface area (Å²) >= 11 is 0. The number of ether oxygens (including phenoxy) is 2. The van der Waals surface area contributed by atoms with Crippen molar-refractivity contribution >= 4 is 5.91 Å². The minimum absolute atomic E-state index is 0.00562. The predicted octanol–water partition coefficient (Wildman–Crippen LogP) is 1.49. The number of rotatable bonds is 4. The van der Waals surface area contributed by atoms with Crippen molar-refractivity contribution in [2.75, 3.05) is 26.3 Å². The van der Waals surface area contributed by atoms with Gasteiger partial charge in [0.25, 0.3) is 0 Å². The molecule has 2 aliphatic heterocycles. The van der Waals surface area contributed by atoms with Crippen LogP contribution in [-0.2, 0) is 4.79 Å². The molecule has 5 nitrogen and oxygen atoms in total. The minimum Gasteiger partial charge on any atom is -0.486 e. The largest absolute Gasteiger partial charge is 0.486 e. The first-order chi connectivity index (χ1) is 10.1. The third kappa shape index (κ3) is 2.97. The van der Waals surface area contributed by atoms with Crippen LogP contribution in [0.15, 0.2) is 18.2 Å². The first kappa shape index (κ1) is 14.2. The number of hydrogen-bond acceptors (Lipinski definition) is 4. The predicted molar refractivity (Wildman–Crippen MR) is 79.5 cm³/mol. The van der Waals surface area contributed by atoms with Gasteiger partial charge >= 0.3 is 0 Å². The van der Waals surface area contributed by atoms with Gasteiger partial charge in [-0.2, -0.15) is 0 Å². The van der Waals surface area contributed by atoms with Gasteiger partial charge in [0.15, 0.2) is 11.5 Å². The Morgan fingerprint density at radius 3 is 2.57 bits per heavy atom. The molecule has 1 aromatic rings. The molecule has 0 bridgehead atoms. The maximum Gasteiger partial charge on any atom is 0.226 e. The highest BCUT2D eigenvalue weighted by Crippen LogP contribution is 2.34. The molecule has 5 heteroatoms. The second kappa shape index (κ2) is 5.93. The SMILES string of the molecule is CC(C)C(NC(=O)C1CNC1)c1ccc2c(c1)OCCO2. The van der Waals surface area contributed by atoms with E-state index in [2.05, 4.69) is 24.5 Å². The van der Waals surface area contributed by atoms with E-state index < -0.39 is 0 Å². The van der Waals surface area contributed by atoms with Gasteiger partial charge in [0.05, 0.1) is 12.0 Å². The van der Waals surface area contributed by atoms with Crippen LogP contribution in [0.25, 0.3) is 0 Å². The molecule has 1 amide bonds. The average molecular weight is 290 g/mol. The number of carbonyl (C=O) groups is 1. The molecule has 1 fully saturated rings. The van der Waals surface area contributed by atoms with E-state index in [0.29, 0.717) is 19.1 Å². The molecule has 1 unspecified atom stereocenters. The van der Waals surface area contributed by atoms with Crippen molar-refractivity contribution in [2.45, 2.75) is 19.9 Å². The molecule has 0 radical (unpaired) electrons. The zero-order valence-corrected chi connectivity index (χ0v) is 12.5. The highest BCUT2D eigenvalue weighted by Gasteiger charge is 2.28. The second-order valence-electron chi connectivity index (χ2n) is 5.99. The lowest BCUT2D eigenvalue weighted by Gasteiger charge is -2.30. The highest BCUT2D eigenvalue weighted by atomic mass is 16.6. The molecule has 1 aromatic carbocycles. The molecule has 2 N–H and O–H groups in total. The molecule has 0 aromatic heterocycles. The van der Waals surface area contributed by atoms with E-state index in [4.69, 9.17) is 9.47 Å². The molecular formula is C16H22N2O3. The summed E-state index contributed by atoms with van der Waals surface area (Å²) in [7, 11) is 0. The van der Waals surface area contributed by atoms with Gasteiger partial charge in [-0.05, 0) is 23.6 Å². The van der Waals surface area contributed by atoms with Gasteiger partial charge in [0, 0.05) is 13.1 Å². The molecule has 2 heterocycles. The van der Waals surface area contributed by atoms with E-state index in [9.17, 15) is 4.79 Å². The molecule has 3 rings (SSSR count). The first-order valence-corrected chi connectivity index (χ1v) is 7.56. The highest BCUT2D eigenvalue weighted by molar-refractivity contribution is 5.80. The van der Waals surface area contributed by atoms with Crippen molar-refractivity contribution in [3.8, 4) is 11.5 Å². The summed E-state index contributed by atoms with van der Waals surface area (Å²) in [5.41, 5.74) is 1.06. The smallest absolute Gasteiger partial charge is 0.226 e. The standard InChI is InChI=1S/C16H22N2O3/c1-10(2)15(18-16(19)12-8-17-9-12)11-3-4-13-14(7-11)21-6-5-20-13/h3-4,7,10,12,15,17H,5-6,8-9H2,1-2H3,(H,18,19). The van der Waals surface area contributed by atoms with Gasteiger partial charge in [-0.15, -0.1) is 0 Å². The van der Waals surface area contributed by atoms with Crippen molar-refractivity contribution < 1.29 is 14.3 Å². The molecule has 0 aliphatic carbocycles. The Morgan fingerprint density at radius 2 is 1.95 bits per heavy atom. The van der Waals surface area contributed by atoms with Crippen LogP contribution in [0.5, 0.6) is 11.5 Å². The number of amides is 1. The Bertz CT molecular complexity index is 526. The van der Waals surface area contributed by atoms with Crippen LogP contribution in [0.3, 0.4) is 0 Å². The molecule has 21 heavy (non-hydrogen) atoms. The normalized spacial score (nSPS) is 19.0. The number of hydrogen-bond donors (Lipinski definition) is 2. The van der Waals surface area contributed by atoms with E-state index in [1.807, 2.05) is 18.2 Å². The lowest BCUT2D eigenvalue weighted by Crippen LogP contribution is -2.51. The van der Waals surface area contributed by atoms with Gasteiger partial charge in [-0.3, -0.25) is 4.79 Å². The Hall–Kier alpha value is -1.75. The number of carbonyl (C=O) groups excluding carboxylic acids is 1. The zero-order chi connectivity index (χ0) is 14.8. The van der Waals surface area contributed by atoms with Gasteiger partial charge < -0.3 is 20.1 Å². The Kier molecular flexibility index (Phi) is 4.01. The van der Waals surface area contributed by atoms with Crippen molar-refractivity contribution in [3.05, 3.63) is 23.8 Å².